The third-order valence-electron chi connectivity index (χ3n) is 14.7. The molecule has 31 nitrogen and oxygen atoms in total. The minimum atomic E-state index is -1.15. The number of carbonyl (C=O) groups excluding carboxylic acids is 15. The van der Waals surface area contributed by atoms with Gasteiger partial charge >= 0.3 is 5.97 Å². The summed E-state index contributed by atoms with van der Waals surface area (Å²) in [6.07, 6.45) is 1.31. The maximum Gasteiger partial charge on any atom is 0.308 e. The Kier molecular flexibility index (Phi) is 34.8. The Labute approximate surface area is 538 Å². The Hall–Kier alpha value is -8.61. The van der Waals surface area contributed by atoms with Gasteiger partial charge in [0, 0.05) is 100 Å². The number of amides is 14. The van der Waals surface area contributed by atoms with Crippen LogP contribution in [-0.2, 0) is 92.7 Å². The number of hydrogen-bond donors (Lipinski definition) is 4. The first-order valence-electron chi connectivity index (χ1n) is 30.5. The van der Waals surface area contributed by atoms with Crippen molar-refractivity contribution in [3.05, 3.63) is 29.8 Å². The molecule has 0 spiro atoms. The van der Waals surface area contributed by atoms with E-state index in [1.807, 2.05) is 0 Å². The first-order valence-corrected chi connectivity index (χ1v) is 30.5. The van der Waals surface area contributed by atoms with Gasteiger partial charge < -0.3 is 74.7 Å². The van der Waals surface area contributed by atoms with Crippen LogP contribution in [0.15, 0.2) is 24.3 Å². The molecule has 1 aromatic carbocycles. The molecule has 4 N–H and O–H groups in total. The van der Waals surface area contributed by atoms with Crippen molar-refractivity contribution in [3.8, 4) is 0 Å². The number of anilines is 1. The molecule has 14 amide bonds. The van der Waals surface area contributed by atoms with Gasteiger partial charge in [0.2, 0.25) is 82.7 Å². The Morgan fingerprint density at radius 2 is 1.02 bits per heavy atom. The lowest BCUT2D eigenvalue weighted by Gasteiger charge is -2.27. The fourth-order valence-corrected chi connectivity index (χ4v) is 8.40. The van der Waals surface area contributed by atoms with Gasteiger partial charge in [-0.25, -0.2) is 0 Å². The van der Waals surface area contributed by atoms with E-state index in [9.17, 15) is 71.9 Å². The lowest BCUT2D eigenvalue weighted by atomic mass is 10.0. The van der Waals surface area contributed by atoms with Crippen LogP contribution in [0.2, 0.25) is 0 Å². The minimum absolute atomic E-state index is 0.0593. The molecule has 1 aliphatic rings. The second kappa shape index (κ2) is 40.3. The number of likely N-dealkylation sites (N-methyl/N-ethyl adjacent to an activating group) is 7. The quantitative estimate of drug-likeness (QED) is 0.0318. The van der Waals surface area contributed by atoms with Crippen molar-refractivity contribution < 1.29 is 86.1 Å². The highest BCUT2D eigenvalue weighted by molar-refractivity contribution is 6.03. The smallest absolute Gasteiger partial charge is 0.308 e. The normalized spacial score (nSPS) is 13.3. The molecule has 514 valence electrons. The molecule has 0 aromatic heterocycles. The Bertz CT molecular complexity index is 2750. The number of hydrogen-bond acceptors (Lipinski definition) is 18. The zero-order valence-electron chi connectivity index (χ0n) is 55.9. The van der Waals surface area contributed by atoms with Gasteiger partial charge in [0.1, 0.15) is 31.8 Å². The van der Waals surface area contributed by atoms with E-state index in [4.69, 9.17) is 14.2 Å². The molecule has 0 radical (unpaired) electrons. The average Bonchev–Trinajstić information content (AvgIpc) is 1.86. The minimum Gasteiger partial charge on any atom is -0.461 e. The number of benzene rings is 1. The summed E-state index contributed by atoms with van der Waals surface area (Å²) in [5.74, 6) is -8.64. The molecular weight excluding hydrogens is 1200 g/mol. The molecule has 1 fully saturated rings. The Morgan fingerprint density at radius 3 is 1.47 bits per heavy atom. The van der Waals surface area contributed by atoms with Crippen molar-refractivity contribution in [3.63, 3.8) is 0 Å². The summed E-state index contributed by atoms with van der Waals surface area (Å²) in [6, 6.07) is 4.41. The molecule has 1 aromatic rings. The highest BCUT2D eigenvalue weighted by atomic mass is 16.5. The van der Waals surface area contributed by atoms with Crippen LogP contribution < -0.4 is 21.3 Å². The molecule has 0 bridgehead atoms. The number of ether oxygens (including phenoxy) is 3. The lowest BCUT2D eigenvalue weighted by Crippen LogP contribution is -2.55. The summed E-state index contributed by atoms with van der Waals surface area (Å²) in [4.78, 5) is 202. The number of esters is 1. The molecule has 2 rings (SSSR count). The van der Waals surface area contributed by atoms with E-state index in [0.717, 1.165) is 29.4 Å². The van der Waals surface area contributed by atoms with Gasteiger partial charge in [-0.1, -0.05) is 53.2 Å². The number of likely N-dealkylation sites (tertiary alicyclic amines) is 1. The first-order chi connectivity index (χ1) is 43.1. The number of imide groups is 1. The van der Waals surface area contributed by atoms with Crippen LogP contribution in [-0.4, -0.2) is 293 Å². The van der Waals surface area contributed by atoms with Crippen LogP contribution in [0.5, 0.6) is 0 Å². The van der Waals surface area contributed by atoms with Crippen molar-refractivity contribution in [2.24, 2.45) is 17.8 Å². The fraction of sp³-hybridized carbons (Fsp3) is 0.656. The largest absolute Gasteiger partial charge is 0.461 e. The van der Waals surface area contributed by atoms with Crippen molar-refractivity contribution in [2.45, 2.75) is 99.3 Å². The van der Waals surface area contributed by atoms with Crippen LogP contribution in [0.25, 0.3) is 0 Å². The van der Waals surface area contributed by atoms with Gasteiger partial charge in [-0.3, -0.25) is 76.8 Å². The predicted octanol–water partition coefficient (Wildman–Crippen LogP) is -1.87. The number of unbranched alkanes of at least 4 members (excludes halogenated alkanes) is 2. The van der Waals surface area contributed by atoms with Crippen molar-refractivity contribution in [2.75, 3.05) is 153 Å². The monoisotopic (exact) mass is 1300 g/mol. The van der Waals surface area contributed by atoms with E-state index in [-0.39, 0.29) is 115 Å². The first kappa shape index (κ1) is 79.5. The van der Waals surface area contributed by atoms with Gasteiger partial charge in [0.15, 0.2) is 0 Å². The average molecular weight is 1300 g/mol. The standard InChI is InChI=1S/C61H97N13O18/c1-40(2)57(59(87)63-43(6)58(86)64-46-21-19-45(20-22-46)39-92-61(89)41(3)4)65-47(76)32-73(48(77)18-16-15-17-23-74-49(78)30-42(5)60(74)88)38-56(85)67(9)25-27-91-29-28-90-26-24-66(8)51(80)33-69(11)53(82)35-71(13)55(84)37-72(14)54(83)36-70(12)52(81)34-68(10)50(79)31-62-44(7)75/h19-22,40-43,57H,15-18,23-39H2,1-14H3,(H,62,75)(H,63,87)(H,64,86)(H,65,76)/t42?,43-,57-/m0/s1. The van der Waals surface area contributed by atoms with E-state index in [1.165, 1.54) is 77.9 Å². The van der Waals surface area contributed by atoms with Gasteiger partial charge in [-0.05, 0) is 43.4 Å². The molecule has 1 heterocycles. The molecular formula is C61H97N13O18. The third-order valence-corrected chi connectivity index (χ3v) is 14.7. The highest BCUT2D eigenvalue weighted by Gasteiger charge is 2.35. The summed E-state index contributed by atoms with van der Waals surface area (Å²) in [6.45, 7) is 8.85. The molecule has 1 saturated heterocycles. The maximum atomic E-state index is 13.7. The van der Waals surface area contributed by atoms with E-state index >= 15 is 0 Å². The summed E-state index contributed by atoms with van der Waals surface area (Å²) in [5, 5.41) is 10.3. The van der Waals surface area contributed by atoms with Crippen LogP contribution in [0.4, 0.5) is 5.69 Å². The van der Waals surface area contributed by atoms with Crippen LogP contribution >= 0.6 is 0 Å². The van der Waals surface area contributed by atoms with E-state index in [1.54, 1.807) is 58.9 Å². The van der Waals surface area contributed by atoms with Crippen molar-refractivity contribution >= 4 is 94.4 Å². The summed E-state index contributed by atoms with van der Waals surface area (Å²) in [5.41, 5.74) is 1.13. The zero-order valence-corrected chi connectivity index (χ0v) is 55.9. The third kappa shape index (κ3) is 29.1. The molecule has 0 aliphatic carbocycles. The number of rotatable bonds is 40. The lowest BCUT2D eigenvalue weighted by molar-refractivity contribution is -0.148. The van der Waals surface area contributed by atoms with Gasteiger partial charge in [0.25, 0.3) is 0 Å². The molecule has 1 unspecified atom stereocenters. The van der Waals surface area contributed by atoms with E-state index in [2.05, 4.69) is 21.3 Å². The SMILES string of the molecule is CC(=O)NCC(=O)N(C)CC(=O)N(C)CC(=O)N(C)CC(=O)N(C)CC(=O)N(C)CC(=O)N(C)CCOCCOCCN(C)C(=O)CN(CC(=O)N[C@H](C(=O)N[C@@H](C)C(=O)Nc1ccc(COC(=O)C(C)C)cc1)C(C)C)C(=O)CCCCCN1C(=O)CC(C)C1=O. The number of nitrogens with zero attached hydrogens (tertiary/aromatic N) is 9. The van der Waals surface area contributed by atoms with E-state index < -0.39 is 122 Å². The second-order valence-corrected chi connectivity index (χ2v) is 23.5. The fourth-order valence-electron chi connectivity index (χ4n) is 8.40. The molecule has 1 aliphatic heterocycles. The highest BCUT2D eigenvalue weighted by Crippen LogP contribution is 2.20. The predicted molar refractivity (Wildman–Crippen MR) is 333 cm³/mol. The summed E-state index contributed by atoms with van der Waals surface area (Å²) in [7, 11) is 9.85. The molecule has 0 saturated carbocycles. The van der Waals surface area contributed by atoms with Crippen LogP contribution in [0.3, 0.4) is 0 Å². The van der Waals surface area contributed by atoms with Crippen molar-refractivity contribution in [1.82, 2.24) is 60.0 Å². The molecule has 3 atom stereocenters. The Morgan fingerprint density at radius 1 is 0.554 bits per heavy atom. The van der Waals surface area contributed by atoms with Gasteiger partial charge in [0.05, 0.1) is 71.6 Å². The zero-order chi connectivity index (χ0) is 69.5. The van der Waals surface area contributed by atoms with Crippen molar-refractivity contribution in [1.29, 1.82) is 0 Å². The molecule has 31 heteroatoms. The maximum absolute atomic E-state index is 13.7. The van der Waals surface area contributed by atoms with Gasteiger partial charge in [-0.15, -0.1) is 0 Å². The van der Waals surface area contributed by atoms with Crippen LogP contribution in [0.1, 0.15) is 86.1 Å². The summed E-state index contributed by atoms with van der Waals surface area (Å²) < 4.78 is 16.5. The Balaban J connectivity index is 1.87. The number of carbonyl (C=O) groups is 15. The van der Waals surface area contributed by atoms with Gasteiger partial charge in [-0.2, -0.15) is 0 Å². The van der Waals surface area contributed by atoms with Crippen LogP contribution in [0, 0.1) is 17.8 Å². The summed E-state index contributed by atoms with van der Waals surface area (Å²) >= 11 is 0. The number of nitrogens with one attached hydrogen (secondary N) is 4. The topological polar surface area (TPSA) is 361 Å². The molecule has 92 heavy (non-hydrogen) atoms. The second-order valence-electron chi connectivity index (χ2n) is 23.5. The van der Waals surface area contributed by atoms with E-state index in [0.29, 0.717) is 30.5 Å².